The predicted molar refractivity (Wildman–Crippen MR) is 146 cm³/mol. The molecule has 0 bridgehead atoms. The molecule has 0 unspecified atom stereocenters. The van der Waals surface area contributed by atoms with E-state index in [1.165, 1.54) is 0 Å². The third kappa shape index (κ3) is 8.85. The maximum absolute atomic E-state index is 12.2. The first-order valence-corrected chi connectivity index (χ1v) is 14.4. The molecule has 3 amide bonds. The molecular weight excluding hydrogens is 626 g/mol. The highest BCUT2D eigenvalue weighted by Crippen LogP contribution is 2.33. The number of carbonyl (C=O) groups is 4. The highest BCUT2D eigenvalue weighted by molar-refractivity contribution is 5.74. The molecule has 0 spiro atoms. The highest BCUT2D eigenvalue weighted by atomic mass is 16.7. The van der Waals surface area contributed by atoms with E-state index in [2.05, 4.69) is 16.0 Å². The second-order valence-corrected chi connectivity index (χ2v) is 11.1. The molecule has 0 aliphatic carbocycles. The predicted octanol–water partition coefficient (Wildman–Crippen LogP) is -6.57. The minimum atomic E-state index is -1.82. The van der Waals surface area contributed by atoms with Crippen LogP contribution in [0.3, 0.4) is 0 Å². The zero-order valence-corrected chi connectivity index (χ0v) is 25.5. The van der Waals surface area contributed by atoms with Crippen LogP contribution in [0.1, 0.15) is 27.7 Å². The fourth-order valence-electron chi connectivity index (χ4n) is 5.59. The Hall–Kier alpha value is -2.60. The number of hydrogen-bond acceptors (Lipinski definition) is 17. The SMILES string of the molecule is CC(=O)N[C@@H]1[C@@H](O[C@H]2O[C@H](CO)[C@H](O[C@@H]3O[C@H](CO)[C@H](O)[C@H](OC(C)=O)[C@H]3NC(C)=O)[C@H](O)[C@H]2NC(C)=O)[C@@H](O)[C@@H](CO)O[C@H]1O. The molecule has 0 aromatic carbocycles. The van der Waals surface area contributed by atoms with Gasteiger partial charge in [0.25, 0.3) is 0 Å². The summed E-state index contributed by atoms with van der Waals surface area (Å²) in [4.78, 5) is 47.9. The van der Waals surface area contributed by atoms with Crippen LogP contribution in [0.25, 0.3) is 0 Å². The van der Waals surface area contributed by atoms with Gasteiger partial charge in [0.05, 0.1) is 19.8 Å². The fourth-order valence-corrected chi connectivity index (χ4v) is 5.59. The van der Waals surface area contributed by atoms with E-state index in [1.807, 2.05) is 0 Å². The molecule has 0 aromatic heterocycles. The van der Waals surface area contributed by atoms with E-state index in [9.17, 15) is 54.9 Å². The largest absolute Gasteiger partial charge is 0.457 e. The van der Waals surface area contributed by atoms with Crippen molar-refractivity contribution in [2.75, 3.05) is 19.8 Å². The van der Waals surface area contributed by atoms with Crippen LogP contribution in [0.5, 0.6) is 0 Å². The summed E-state index contributed by atoms with van der Waals surface area (Å²) < 4.78 is 33.7. The first kappa shape index (κ1) is 37.9. The number of aliphatic hydroxyl groups is 7. The Morgan fingerprint density at radius 1 is 0.565 bits per heavy atom. The van der Waals surface area contributed by atoms with Gasteiger partial charge < -0.3 is 80.1 Å². The molecule has 3 rings (SSSR count). The summed E-state index contributed by atoms with van der Waals surface area (Å²) in [6, 6.07) is -4.37. The van der Waals surface area contributed by atoms with Crippen LogP contribution >= 0.6 is 0 Å². The second-order valence-electron chi connectivity index (χ2n) is 11.1. The lowest BCUT2D eigenvalue weighted by atomic mass is 9.93. The number of hydrogen-bond donors (Lipinski definition) is 10. The summed E-state index contributed by atoms with van der Waals surface area (Å²) in [7, 11) is 0. The van der Waals surface area contributed by atoms with Gasteiger partial charge in [-0.2, -0.15) is 0 Å². The number of amides is 3. The van der Waals surface area contributed by atoms with E-state index in [1.54, 1.807) is 0 Å². The molecule has 3 heterocycles. The van der Waals surface area contributed by atoms with Crippen LogP contribution < -0.4 is 16.0 Å². The van der Waals surface area contributed by atoms with Gasteiger partial charge in [-0.15, -0.1) is 0 Å². The number of esters is 1. The van der Waals surface area contributed by atoms with Crippen molar-refractivity contribution in [2.24, 2.45) is 0 Å². The van der Waals surface area contributed by atoms with E-state index in [-0.39, 0.29) is 0 Å². The summed E-state index contributed by atoms with van der Waals surface area (Å²) in [6.07, 6.45) is -19.2. The fraction of sp³-hybridized carbons (Fsp3) is 0.846. The van der Waals surface area contributed by atoms with Crippen LogP contribution in [0, 0.1) is 0 Å². The molecule has 3 saturated heterocycles. The van der Waals surface area contributed by atoms with Crippen molar-refractivity contribution >= 4 is 23.7 Å². The van der Waals surface area contributed by atoms with Gasteiger partial charge in [0, 0.05) is 27.7 Å². The summed E-state index contributed by atoms with van der Waals surface area (Å²) >= 11 is 0. The zero-order chi connectivity index (χ0) is 34.5. The Morgan fingerprint density at radius 3 is 1.52 bits per heavy atom. The molecule has 0 radical (unpaired) electrons. The summed E-state index contributed by atoms with van der Waals surface area (Å²) in [6.45, 7) is 1.97. The number of nitrogens with one attached hydrogen (secondary N) is 3. The Balaban J connectivity index is 1.96. The highest BCUT2D eigenvalue weighted by Gasteiger charge is 2.55. The van der Waals surface area contributed by atoms with E-state index >= 15 is 0 Å². The van der Waals surface area contributed by atoms with Gasteiger partial charge in [-0.05, 0) is 0 Å². The Bertz CT molecular complexity index is 1070. The number of ether oxygens (including phenoxy) is 6. The van der Waals surface area contributed by atoms with Crippen LogP contribution in [0.2, 0.25) is 0 Å². The average Bonchev–Trinajstić information content (AvgIpc) is 2.97. The van der Waals surface area contributed by atoms with Gasteiger partial charge in [-0.1, -0.05) is 0 Å². The van der Waals surface area contributed by atoms with Gasteiger partial charge in [-0.3, -0.25) is 19.2 Å². The molecule has 10 N–H and O–H groups in total. The maximum Gasteiger partial charge on any atom is 0.303 e. The zero-order valence-electron chi connectivity index (χ0n) is 25.5. The topological polar surface area (TPSA) is 301 Å². The lowest BCUT2D eigenvalue weighted by molar-refractivity contribution is -0.349. The van der Waals surface area contributed by atoms with Crippen LogP contribution in [-0.2, 0) is 47.6 Å². The standard InChI is InChI=1S/C26H43N3O17/c1-8(33)27-15-20(39)21(45-26-17(29-10(3)35)23(41-11(4)36)19(38)13(6-31)43-26)14(7-32)44-25(15)46-22-16(28-9(2)34)24(40)42-12(5-30)18(22)37/h12-26,30-32,37-40H,5-7H2,1-4H3,(H,27,33)(H,28,34)(H,29,35)/t12-,13-,14-,15-,16-,17-,18+,19+,20-,21+,22-,23-,24-,25-,26+/m1/s1. The monoisotopic (exact) mass is 669 g/mol. The minimum Gasteiger partial charge on any atom is -0.457 e. The van der Waals surface area contributed by atoms with Crippen LogP contribution in [0.15, 0.2) is 0 Å². The number of rotatable bonds is 11. The minimum absolute atomic E-state index is 0.653. The Morgan fingerprint density at radius 2 is 1.00 bits per heavy atom. The van der Waals surface area contributed by atoms with Crippen LogP contribution in [0.4, 0.5) is 0 Å². The van der Waals surface area contributed by atoms with Gasteiger partial charge in [-0.25, -0.2) is 0 Å². The quantitative estimate of drug-likeness (QED) is 0.0914. The molecule has 20 nitrogen and oxygen atoms in total. The van der Waals surface area contributed by atoms with E-state index in [0.717, 1.165) is 27.7 Å². The lowest BCUT2D eigenvalue weighted by Crippen LogP contribution is -2.71. The number of carbonyl (C=O) groups excluding carboxylic acids is 4. The molecule has 3 aliphatic rings. The molecule has 15 atom stereocenters. The van der Waals surface area contributed by atoms with E-state index < -0.39 is 135 Å². The first-order chi connectivity index (χ1) is 21.6. The average molecular weight is 670 g/mol. The van der Waals surface area contributed by atoms with Crippen molar-refractivity contribution < 1.29 is 83.3 Å². The third-order valence-electron chi connectivity index (χ3n) is 7.57. The van der Waals surface area contributed by atoms with Crippen molar-refractivity contribution in [3.05, 3.63) is 0 Å². The van der Waals surface area contributed by atoms with Crippen molar-refractivity contribution in [1.29, 1.82) is 0 Å². The smallest absolute Gasteiger partial charge is 0.303 e. The molecule has 264 valence electrons. The second kappa shape index (κ2) is 16.5. The lowest BCUT2D eigenvalue weighted by Gasteiger charge is -2.50. The van der Waals surface area contributed by atoms with Crippen LogP contribution in [-0.4, -0.2) is 171 Å². The number of aliphatic hydroxyl groups excluding tert-OH is 7. The summed E-state index contributed by atoms with van der Waals surface area (Å²) in [5.41, 5.74) is 0. The Kier molecular flexibility index (Phi) is 13.6. The van der Waals surface area contributed by atoms with Crippen molar-refractivity contribution in [3.8, 4) is 0 Å². The molecule has 20 heteroatoms. The van der Waals surface area contributed by atoms with Crippen molar-refractivity contribution in [3.63, 3.8) is 0 Å². The van der Waals surface area contributed by atoms with Crippen molar-refractivity contribution in [1.82, 2.24) is 16.0 Å². The Labute approximate surface area is 262 Å². The molecule has 0 aromatic rings. The third-order valence-corrected chi connectivity index (χ3v) is 7.57. The van der Waals surface area contributed by atoms with Gasteiger partial charge in [0.15, 0.2) is 25.0 Å². The maximum atomic E-state index is 12.2. The van der Waals surface area contributed by atoms with Gasteiger partial charge in [0.1, 0.15) is 67.0 Å². The van der Waals surface area contributed by atoms with Crippen molar-refractivity contribution in [2.45, 2.75) is 120 Å². The summed E-state index contributed by atoms with van der Waals surface area (Å²) in [5, 5.41) is 80.4. The molecule has 3 fully saturated rings. The molecule has 3 aliphatic heterocycles. The molecular formula is C26H43N3O17. The van der Waals surface area contributed by atoms with Gasteiger partial charge in [0.2, 0.25) is 17.7 Å². The summed E-state index contributed by atoms with van der Waals surface area (Å²) in [5.74, 6) is -2.87. The van der Waals surface area contributed by atoms with E-state index in [4.69, 9.17) is 28.4 Å². The van der Waals surface area contributed by atoms with E-state index in [0.29, 0.717) is 0 Å². The first-order valence-electron chi connectivity index (χ1n) is 14.4. The molecule has 0 saturated carbocycles. The normalized spacial score (nSPS) is 41.2. The molecule has 46 heavy (non-hydrogen) atoms. The van der Waals surface area contributed by atoms with Gasteiger partial charge >= 0.3 is 5.97 Å².